The highest BCUT2D eigenvalue weighted by atomic mass is 16.2. The molecule has 0 spiro atoms. The molecule has 2 heterocycles. The quantitative estimate of drug-likeness (QED) is 0.791. The summed E-state index contributed by atoms with van der Waals surface area (Å²) in [4.78, 5) is 14.4. The van der Waals surface area contributed by atoms with Gasteiger partial charge in [0.05, 0.1) is 6.20 Å². The standard InChI is InChI=1S/C16H27N5O/c1-4-7-13(5-2)18-16(22)19-14-8-6-11-21(12-14)15-9-10-17-20(15)3/h4,9-10,13-14H,1,5-8,11-12H2,2-3H3,(H2,18,19,22)/t13-,14+/m1/s1. The van der Waals surface area contributed by atoms with E-state index in [-0.39, 0.29) is 18.1 Å². The number of nitrogens with one attached hydrogen (secondary N) is 2. The van der Waals surface area contributed by atoms with Crippen LogP contribution in [0.5, 0.6) is 0 Å². The van der Waals surface area contributed by atoms with Crippen molar-refractivity contribution in [2.75, 3.05) is 18.0 Å². The van der Waals surface area contributed by atoms with Crippen molar-refractivity contribution < 1.29 is 4.79 Å². The van der Waals surface area contributed by atoms with Crippen LogP contribution in [0.3, 0.4) is 0 Å². The van der Waals surface area contributed by atoms with Gasteiger partial charge in [0.15, 0.2) is 0 Å². The Balaban J connectivity index is 1.86. The monoisotopic (exact) mass is 305 g/mol. The molecule has 122 valence electrons. The van der Waals surface area contributed by atoms with Gasteiger partial charge in [-0.15, -0.1) is 6.58 Å². The first-order valence-electron chi connectivity index (χ1n) is 8.05. The topological polar surface area (TPSA) is 62.2 Å². The Labute approximate surface area is 132 Å². The number of anilines is 1. The molecule has 0 saturated carbocycles. The third-order valence-electron chi connectivity index (χ3n) is 4.15. The third-order valence-corrected chi connectivity index (χ3v) is 4.15. The average Bonchev–Trinajstić information content (AvgIpc) is 2.93. The molecule has 22 heavy (non-hydrogen) atoms. The third kappa shape index (κ3) is 4.26. The number of nitrogens with zero attached hydrogens (tertiary/aromatic N) is 3. The summed E-state index contributed by atoms with van der Waals surface area (Å²) in [6.45, 7) is 7.63. The summed E-state index contributed by atoms with van der Waals surface area (Å²) in [6.07, 6.45) is 7.44. The lowest BCUT2D eigenvalue weighted by atomic mass is 10.1. The first-order chi connectivity index (χ1) is 10.6. The molecular weight excluding hydrogens is 278 g/mol. The Morgan fingerprint density at radius 3 is 3.09 bits per heavy atom. The molecular formula is C16H27N5O. The number of hydrogen-bond acceptors (Lipinski definition) is 3. The van der Waals surface area contributed by atoms with Gasteiger partial charge in [0.1, 0.15) is 5.82 Å². The number of piperidine rings is 1. The first-order valence-corrected chi connectivity index (χ1v) is 8.05. The van der Waals surface area contributed by atoms with E-state index < -0.39 is 0 Å². The second-order valence-corrected chi connectivity index (χ2v) is 5.85. The van der Waals surface area contributed by atoms with Gasteiger partial charge in [0, 0.05) is 38.3 Å². The molecule has 2 amide bonds. The summed E-state index contributed by atoms with van der Waals surface area (Å²) in [7, 11) is 1.94. The molecule has 2 atom stereocenters. The predicted octanol–water partition coefficient (Wildman–Crippen LogP) is 2.04. The van der Waals surface area contributed by atoms with Crippen molar-refractivity contribution >= 4 is 11.8 Å². The minimum Gasteiger partial charge on any atom is -0.355 e. The number of hydrogen-bond donors (Lipinski definition) is 2. The van der Waals surface area contributed by atoms with Crippen molar-refractivity contribution in [1.29, 1.82) is 0 Å². The maximum Gasteiger partial charge on any atom is 0.315 e. The van der Waals surface area contributed by atoms with Crippen LogP contribution in [0.1, 0.15) is 32.6 Å². The second kappa shape index (κ2) is 7.87. The SMILES string of the molecule is C=CC[C@@H](CC)NC(=O)N[C@H]1CCCN(c2ccnn2C)C1. The second-order valence-electron chi connectivity index (χ2n) is 5.85. The maximum atomic E-state index is 12.1. The zero-order chi connectivity index (χ0) is 15.9. The average molecular weight is 305 g/mol. The van der Waals surface area contributed by atoms with Crippen molar-refractivity contribution in [2.24, 2.45) is 7.05 Å². The minimum atomic E-state index is -0.0782. The van der Waals surface area contributed by atoms with Crippen LogP contribution in [0.2, 0.25) is 0 Å². The molecule has 6 nitrogen and oxygen atoms in total. The van der Waals surface area contributed by atoms with Gasteiger partial charge in [0.2, 0.25) is 0 Å². The fourth-order valence-electron chi connectivity index (χ4n) is 2.92. The predicted molar refractivity (Wildman–Crippen MR) is 89.0 cm³/mol. The summed E-state index contributed by atoms with van der Waals surface area (Å²) >= 11 is 0. The van der Waals surface area contributed by atoms with Crippen LogP contribution in [0.25, 0.3) is 0 Å². The van der Waals surface area contributed by atoms with E-state index >= 15 is 0 Å². The summed E-state index contributed by atoms with van der Waals surface area (Å²) in [5.41, 5.74) is 0. The largest absolute Gasteiger partial charge is 0.355 e. The zero-order valence-corrected chi connectivity index (χ0v) is 13.6. The molecule has 1 saturated heterocycles. The zero-order valence-electron chi connectivity index (χ0n) is 13.6. The Kier molecular flexibility index (Phi) is 5.86. The fraction of sp³-hybridized carbons (Fsp3) is 0.625. The molecule has 0 unspecified atom stereocenters. The number of carbonyl (C=O) groups is 1. The molecule has 0 radical (unpaired) electrons. The fourth-order valence-corrected chi connectivity index (χ4v) is 2.92. The normalized spacial score (nSPS) is 19.5. The molecule has 6 heteroatoms. The van der Waals surface area contributed by atoms with Gasteiger partial charge in [-0.05, 0) is 25.7 Å². The summed E-state index contributed by atoms with van der Waals surface area (Å²) in [5.74, 6) is 1.10. The van der Waals surface area contributed by atoms with E-state index in [1.54, 1.807) is 6.20 Å². The van der Waals surface area contributed by atoms with E-state index in [2.05, 4.69) is 34.1 Å². The van der Waals surface area contributed by atoms with Crippen LogP contribution in [0.4, 0.5) is 10.6 Å². The molecule has 0 aliphatic carbocycles. The van der Waals surface area contributed by atoms with Gasteiger partial charge >= 0.3 is 6.03 Å². The number of aromatic nitrogens is 2. The van der Waals surface area contributed by atoms with E-state index in [1.165, 1.54) is 0 Å². The molecule has 1 aliphatic rings. The van der Waals surface area contributed by atoms with E-state index in [1.807, 2.05) is 23.9 Å². The molecule has 2 rings (SSSR count). The Hall–Kier alpha value is -1.98. The van der Waals surface area contributed by atoms with E-state index in [0.717, 1.165) is 44.6 Å². The summed E-state index contributed by atoms with van der Waals surface area (Å²) in [6, 6.07) is 2.27. The highest BCUT2D eigenvalue weighted by Gasteiger charge is 2.23. The summed E-state index contributed by atoms with van der Waals surface area (Å²) < 4.78 is 1.87. The molecule has 1 aromatic rings. The van der Waals surface area contributed by atoms with E-state index in [9.17, 15) is 4.79 Å². The van der Waals surface area contributed by atoms with Crippen molar-refractivity contribution in [3.63, 3.8) is 0 Å². The maximum absolute atomic E-state index is 12.1. The van der Waals surface area contributed by atoms with Crippen molar-refractivity contribution in [2.45, 2.75) is 44.7 Å². The van der Waals surface area contributed by atoms with Gasteiger partial charge in [0.25, 0.3) is 0 Å². The van der Waals surface area contributed by atoms with Crippen molar-refractivity contribution in [3.8, 4) is 0 Å². The molecule has 1 aliphatic heterocycles. The molecule has 0 bridgehead atoms. The van der Waals surface area contributed by atoms with Crippen LogP contribution in [0.15, 0.2) is 24.9 Å². The molecule has 1 aromatic heterocycles. The lowest BCUT2D eigenvalue weighted by molar-refractivity contribution is 0.230. The Morgan fingerprint density at radius 1 is 1.64 bits per heavy atom. The Morgan fingerprint density at radius 2 is 2.45 bits per heavy atom. The van der Waals surface area contributed by atoms with Crippen molar-refractivity contribution in [3.05, 3.63) is 24.9 Å². The van der Waals surface area contributed by atoms with E-state index in [0.29, 0.717) is 0 Å². The van der Waals surface area contributed by atoms with Gasteiger partial charge < -0.3 is 15.5 Å². The van der Waals surface area contributed by atoms with Crippen LogP contribution < -0.4 is 15.5 Å². The minimum absolute atomic E-state index is 0.0782. The Bertz CT molecular complexity index is 498. The van der Waals surface area contributed by atoms with Gasteiger partial charge in [-0.3, -0.25) is 4.68 Å². The van der Waals surface area contributed by atoms with Gasteiger partial charge in [-0.25, -0.2) is 4.79 Å². The molecule has 1 fully saturated rings. The lowest BCUT2D eigenvalue weighted by Gasteiger charge is -2.34. The van der Waals surface area contributed by atoms with E-state index in [4.69, 9.17) is 0 Å². The lowest BCUT2D eigenvalue weighted by Crippen LogP contribution is -2.52. The van der Waals surface area contributed by atoms with Crippen LogP contribution in [0, 0.1) is 0 Å². The smallest absolute Gasteiger partial charge is 0.315 e. The highest BCUT2D eigenvalue weighted by molar-refractivity contribution is 5.74. The van der Waals surface area contributed by atoms with Gasteiger partial charge in [-0.2, -0.15) is 5.10 Å². The van der Waals surface area contributed by atoms with Crippen molar-refractivity contribution in [1.82, 2.24) is 20.4 Å². The van der Waals surface area contributed by atoms with Crippen LogP contribution in [-0.2, 0) is 7.05 Å². The highest BCUT2D eigenvalue weighted by Crippen LogP contribution is 2.18. The number of amides is 2. The molecule has 2 N–H and O–H groups in total. The molecule has 0 aromatic carbocycles. The number of carbonyl (C=O) groups excluding carboxylic acids is 1. The van der Waals surface area contributed by atoms with Crippen LogP contribution >= 0.6 is 0 Å². The number of aryl methyl sites for hydroxylation is 1. The van der Waals surface area contributed by atoms with Gasteiger partial charge in [-0.1, -0.05) is 13.0 Å². The number of urea groups is 1. The summed E-state index contributed by atoms with van der Waals surface area (Å²) in [5, 5.41) is 10.3. The number of rotatable bonds is 6. The first kappa shape index (κ1) is 16.4. The van der Waals surface area contributed by atoms with Crippen LogP contribution in [-0.4, -0.2) is 41.0 Å².